The highest BCUT2D eigenvalue weighted by molar-refractivity contribution is 6.30. The molecule has 0 spiro atoms. The van der Waals surface area contributed by atoms with Gasteiger partial charge in [-0.3, -0.25) is 0 Å². The molecular weight excluding hydrogens is 281 g/mol. The van der Waals surface area contributed by atoms with Crippen molar-refractivity contribution >= 4 is 23.2 Å². The van der Waals surface area contributed by atoms with Gasteiger partial charge in [0, 0.05) is 16.6 Å². The molecule has 0 aromatic heterocycles. The van der Waals surface area contributed by atoms with Gasteiger partial charge in [-0.15, -0.1) is 0 Å². The number of benzene rings is 2. The van der Waals surface area contributed by atoms with Crippen LogP contribution in [0.1, 0.15) is 17.2 Å². The monoisotopic (exact) mass is 295 g/mol. The molecule has 0 bridgehead atoms. The first kappa shape index (κ1) is 14.2. The van der Waals surface area contributed by atoms with E-state index in [1.165, 1.54) is 0 Å². The second-order valence-corrected chi connectivity index (χ2v) is 5.18. The van der Waals surface area contributed by atoms with Crippen molar-refractivity contribution < 1.29 is 4.74 Å². The maximum Gasteiger partial charge on any atom is 0.136 e. The molecule has 100 valence electrons. The molecule has 0 amide bonds. The third-order valence-corrected chi connectivity index (χ3v) is 3.35. The zero-order chi connectivity index (χ0) is 13.8. The summed E-state index contributed by atoms with van der Waals surface area (Å²) in [6, 6.07) is 13.0. The second kappa shape index (κ2) is 6.29. The van der Waals surface area contributed by atoms with E-state index in [0.717, 1.165) is 16.9 Å². The van der Waals surface area contributed by atoms with Crippen LogP contribution in [0.5, 0.6) is 5.75 Å². The van der Waals surface area contributed by atoms with Crippen LogP contribution in [0.4, 0.5) is 0 Å². The molecule has 2 rings (SSSR count). The largest absolute Gasteiger partial charge is 0.484 e. The molecule has 2 aromatic rings. The van der Waals surface area contributed by atoms with Crippen LogP contribution in [0.3, 0.4) is 0 Å². The summed E-state index contributed by atoms with van der Waals surface area (Å²) in [5.41, 5.74) is 7.77. The molecule has 1 atom stereocenters. The molecule has 0 aliphatic rings. The molecule has 2 aromatic carbocycles. The molecule has 1 unspecified atom stereocenters. The highest BCUT2D eigenvalue weighted by Crippen LogP contribution is 2.27. The zero-order valence-corrected chi connectivity index (χ0v) is 12.1. The van der Waals surface area contributed by atoms with E-state index in [1.54, 1.807) is 6.07 Å². The van der Waals surface area contributed by atoms with Gasteiger partial charge in [0.1, 0.15) is 11.9 Å². The van der Waals surface area contributed by atoms with Crippen molar-refractivity contribution in [2.75, 3.05) is 6.54 Å². The van der Waals surface area contributed by atoms with E-state index in [0.29, 0.717) is 16.6 Å². The standard InChI is InChI=1S/C15H15Cl2NO/c1-10-8-13(17)6-7-14(10)19-15(9-18)11-2-4-12(16)5-3-11/h2-8,15H,9,18H2,1H3. The summed E-state index contributed by atoms with van der Waals surface area (Å²) in [5.74, 6) is 0.787. The van der Waals surface area contributed by atoms with Crippen molar-refractivity contribution in [2.24, 2.45) is 5.73 Å². The van der Waals surface area contributed by atoms with Crippen LogP contribution >= 0.6 is 23.2 Å². The summed E-state index contributed by atoms with van der Waals surface area (Å²) in [6.45, 7) is 2.35. The Morgan fingerprint density at radius 2 is 1.68 bits per heavy atom. The summed E-state index contributed by atoms with van der Waals surface area (Å²) in [6.07, 6.45) is -0.197. The average Bonchev–Trinajstić information content (AvgIpc) is 2.39. The third kappa shape index (κ3) is 3.63. The summed E-state index contributed by atoms with van der Waals surface area (Å²) in [5, 5.41) is 1.39. The van der Waals surface area contributed by atoms with E-state index in [4.69, 9.17) is 33.7 Å². The minimum atomic E-state index is -0.197. The lowest BCUT2D eigenvalue weighted by Crippen LogP contribution is -2.18. The maximum absolute atomic E-state index is 5.95. The van der Waals surface area contributed by atoms with E-state index < -0.39 is 0 Å². The van der Waals surface area contributed by atoms with Crippen LogP contribution in [-0.4, -0.2) is 6.54 Å². The van der Waals surface area contributed by atoms with E-state index in [-0.39, 0.29) is 6.10 Å². The predicted molar refractivity (Wildman–Crippen MR) is 80.1 cm³/mol. The molecule has 0 aliphatic carbocycles. The fourth-order valence-electron chi connectivity index (χ4n) is 1.83. The lowest BCUT2D eigenvalue weighted by Gasteiger charge is -2.19. The number of nitrogens with two attached hydrogens (primary N) is 1. The number of ether oxygens (including phenoxy) is 1. The highest BCUT2D eigenvalue weighted by Gasteiger charge is 2.12. The van der Waals surface area contributed by atoms with Gasteiger partial charge in [-0.2, -0.15) is 0 Å². The Morgan fingerprint density at radius 1 is 1.05 bits per heavy atom. The third-order valence-electron chi connectivity index (χ3n) is 2.86. The number of rotatable bonds is 4. The van der Waals surface area contributed by atoms with Crippen LogP contribution in [-0.2, 0) is 0 Å². The summed E-state index contributed by atoms with van der Waals surface area (Å²) >= 11 is 11.8. The Labute approximate surface area is 123 Å². The lowest BCUT2D eigenvalue weighted by molar-refractivity contribution is 0.213. The fourth-order valence-corrected chi connectivity index (χ4v) is 2.18. The zero-order valence-electron chi connectivity index (χ0n) is 10.6. The molecule has 0 aliphatic heterocycles. The molecule has 0 saturated heterocycles. The first-order valence-electron chi connectivity index (χ1n) is 5.98. The van der Waals surface area contributed by atoms with Gasteiger partial charge >= 0.3 is 0 Å². The first-order chi connectivity index (χ1) is 9.10. The van der Waals surface area contributed by atoms with Crippen molar-refractivity contribution in [1.82, 2.24) is 0 Å². The second-order valence-electron chi connectivity index (χ2n) is 4.30. The minimum absolute atomic E-state index is 0.197. The van der Waals surface area contributed by atoms with Gasteiger partial charge in [0.15, 0.2) is 0 Å². The molecule has 0 radical (unpaired) electrons. The maximum atomic E-state index is 5.95. The normalized spacial score (nSPS) is 12.2. The molecule has 2 N–H and O–H groups in total. The molecule has 0 heterocycles. The van der Waals surface area contributed by atoms with Crippen molar-refractivity contribution in [1.29, 1.82) is 0 Å². The van der Waals surface area contributed by atoms with Crippen molar-refractivity contribution in [3.63, 3.8) is 0 Å². The minimum Gasteiger partial charge on any atom is -0.484 e. The summed E-state index contributed by atoms with van der Waals surface area (Å²) < 4.78 is 5.95. The van der Waals surface area contributed by atoms with Crippen LogP contribution in [0.25, 0.3) is 0 Å². The van der Waals surface area contributed by atoms with Gasteiger partial charge in [-0.1, -0.05) is 35.3 Å². The Balaban J connectivity index is 2.21. The molecule has 0 fully saturated rings. The average molecular weight is 296 g/mol. The van der Waals surface area contributed by atoms with Gasteiger partial charge < -0.3 is 10.5 Å². The van der Waals surface area contributed by atoms with E-state index in [1.807, 2.05) is 43.3 Å². The Hall–Kier alpha value is -1.22. The Morgan fingerprint density at radius 3 is 2.26 bits per heavy atom. The van der Waals surface area contributed by atoms with Crippen LogP contribution in [0, 0.1) is 6.92 Å². The highest BCUT2D eigenvalue weighted by atomic mass is 35.5. The number of hydrogen-bond donors (Lipinski definition) is 1. The van der Waals surface area contributed by atoms with Crippen molar-refractivity contribution in [3.8, 4) is 5.75 Å². The van der Waals surface area contributed by atoms with Gasteiger partial charge in [-0.05, 0) is 48.4 Å². The quantitative estimate of drug-likeness (QED) is 0.908. The first-order valence-corrected chi connectivity index (χ1v) is 6.74. The van der Waals surface area contributed by atoms with Gasteiger partial charge in [-0.25, -0.2) is 0 Å². The van der Waals surface area contributed by atoms with Crippen LogP contribution < -0.4 is 10.5 Å². The van der Waals surface area contributed by atoms with Crippen LogP contribution in [0.2, 0.25) is 10.0 Å². The summed E-state index contributed by atoms with van der Waals surface area (Å²) in [4.78, 5) is 0. The number of halogens is 2. The Kier molecular flexibility index (Phi) is 4.70. The molecule has 19 heavy (non-hydrogen) atoms. The molecular formula is C15H15Cl2NO. The van der Waals surface area contributed by atoms with Crippen LogP contribution in [0.15, 0.2) is 42.5 Å². The fraction of sp³-hybridized carbons (Fsp3) is 0.200. The molecule has 0 saturated carbocycles. The number of aryl methyl sites for hydroxylation is 1. The Bertz CT molecular complexity index is 555. The SMILES string of the molecule is Cc1cc(Cl)ccc1OC(CN)c1ccc(Cl)cc1. The van der Waals surface area contributed by atoms with Crippen molar-refractivity contribution in [3.05, 3.63) is 63.6 Å². The van der Waals surface area contributed by atoms with Gasteiger partial charge in [0.2, 0.25) is 0 Å². The van der Waals surface area contributed by atoms with E-state index >= 15 is 0 Å². The summed E-state index contributed by atoms with van der Waals surface area (Å²) in [7, 11) is 0. The lowest BCUT2D eigenvalue weighted by atomic mass is 10.1. The van der Waals surface area contributed by atoms with E-state index in [9.17, 15) is 0 Å². The topological polar surface area (TPSA) is 35.2 Å². The van der Waals surface area contributed by atoms with Gasteiger partial charge in [0.05, 0.1) is 0 Å². The van der Waals surface area contributed by atoms with E-state index in [2.05, 4.69) is 0 Å². The smallest absolute Gasteiger partial charge is 0.136 e. The predicted octanol–water partition coefficient (Wildman–Crippen LogP) is 4.38. The van der Waals surface area contributed by atoms with Crippen molar-refractivity contribution in [2.45, 2.75) is 13.0 Å². The number of hydrogen-bond acceptors (Lipinski definition) is 2. The molecule has 4 heteroatoms. The van der Waals surface area contributed by atoms with Gasteiger partial charge in [0.25, 0.3) is 0 Å². The molecule has 2 nitrogen and oxygen atoms in total.